The van der Waals surface area contributed by atoms with Gasteiger partial charge in [-0.2, -0.15) is 0 Å². The third kappa shape index (κ3) is 3.42. The summed E-state index contributed by atoms with van der Waals surface area (Å²) in [5.74, 6) is -0.785. The predicted molar refractivity (Wildman–Crippen MR) is 105 cm³/mol. The van der Waals surface area contributed by atoms with Gasteiger partial charge in [0.2, 0.25) is 0 Å². The van der Waals surface area contributed by atoms with Gasteiger partial charge in [0.25, 0.3) is 10.0 Å². The van der Waals surface area contributed by atoms with E-state index in [-0.39, 0.29) is 16.3 Å². The van der Waals surface area contributed by atoms with E-state index >= 15 is 0 Å². The fourth-order valence-electron chi connectivity index (χ4n) is 2.82. The van der Waals surface area contributed by atoms with Crippen LogP contribution in [0.3, 0.4) is 0 Å². The van der Waals surface area contributed by atoms with Crippen molar-refractivity contribution in [1.29, 1.82) is 0 Å². The first-order valence-corrected chi connectivity index (χ1v) is 9.91. The molecule has 0 bridgehead atoms. The summed E-state index contributed by atoms with van der Waals surface area (Å²) in [6.45, 7) is 7.00. The standard InChI is InChI=1S/C20H22N2O4S/c1-13-9-11-14(12-10-13)27(24,25)22-16-8-6-5-7-15(16)17(21)18(22)19(23)26-20(2,3)4/h5-12H,21H2,1-4H3. The third-order valence-corrected chi connectivity index (χ3v) is 5.75. The highest BCUT2D eigenvalue weighted by atomic mass is 32.2. The molecular weight excluding hydrogens is 364 g/mol. The lowest BCUT2D eigenvalue weighted by Crippen LogP contribution is -2.27. The molecule has 142 valence electrons. The maximum Gasteiger partial charge on any atom is 0.358 e. The molecular formula is C20H22N2O4S. The van der Waals surface area contributed by atoms with E-state index in [1.165, 1.54) is 12.1 Å². The summed E-state index contributed by atoms with van der Waals surface area (Å²) < 4.78 is 33.1. The van der Waals surface area contributed by atoms with Crippen LogP contribution in [0.5, 0.6) is 0 Å². The van der Waals surface area contributed by atoms with Gasteiger partial charge in [-0.1, -0.05) is 35.9 Å². The molecule has 2 aromatic carbocycles. The summed E-state index contributed by atoms with van der Waals surface area (Å²) in [5, 5.41) is 0.481. The fraction of sp³-hybridized carbons (Fsp3) is 0.250. The first-order chi connectivity index (χ1) is 12.5. The van der Waals surface area contributed by atoms with Crippen LogP contribution in [0.15, 0.2) is 53.4 Å². The normalized spacial score (nSPS) is 12.3. The number of hydrogen-bond acceptors (Lipinski definition) is 5. The number of ether oxygens (including phenoxy) is 1. The van der Waals surface area contributed by atoms with Crippen LogP contribution in [-0.2, 0) is 14.8 Å². The SMILES string of the molecule is Cc1ccc(S(=O)(=O)n2c(C(=O)OC(C)(C)C)c(N)c3ccccc32)cc1. The van der Waals surface area contributed by atoms with Crippen molar-refractivity contribution in [2.24, 2.45) is 0 Å². The summed E-state index contributed by atoms with van der Waals surface area (Å²) in [4.78, 5) is 12.9. The van der Waals surface area contributed by atoms with Crippen molar-refractivity contribution in [2.45, 2.75) is 38.2 Å². The molecule has 2 N–H and O–H groups in total. The molecule has 0 saturated carbocycles. The number of carbonyl (C=O) groups is 1. The van der Waals surface area contributed by atoms with Crippen LogP contribution in [0.2, 0.25) is 0 Å². The molecule has 0 fully saturated rings. The van der Waals surface area contributed by atoms with Crippen LogP contribution in [-0.4, -0.2) is 24.0 Å². The van der Waals surface area contributed by atoms with Crippen molar-refractivity contribution in [2.75, 3.05) is 5.73 Å². The Morgan fingerprint density at radius 3 is 2.22 bits per heavy atom. The van der Waals surface area contributed by atoms with Gasteiger partial charge >= 0.3 is 5.97 Å². The van der Waals surface area contributed by atoms with Crippen molar-refractivity contribution in [3.05, 3.63) is 59.8 Å². The average molecular weight is 386 g/mol. The first-order valence-electron chi connectivity index (χ1n) is 8.47. The maximum absolute atomic E-state index is 13.4. The number of aryl methyl sites for hydroxylation is 1. The van der Waals surface area contributed by atoms with Crippen molar-refractivity contribution in [1.82, 2.24) is 3.97 Å². The molecule has 0 unspecified atom stereocenters. The van der Waals surface area contributed by atoms with Gasteiger partial charge in [-0.15, -0.1) is 0 Å². The number of nitrogens with zero attached hydrogens (tertiary/aromatic N) is 1. The molecule has 0 atom stereocenters. The lowest BCUT2D eigenvalue weighted by Gasteiger charge is -2.20. The molecule has 0 radical (unpaired) electrons. The van der Waals surface area contributed by atoms with E-state index in [9.17, 15) is 13.2 Å². The smallest absolute Gasteiger partial charge is 0.358 e. The minimum atomic E-state index is -4.06. The lowest BCUT2D eigenvalue weighted by molar-refractivity contribution is 0.00633. The number of aromatic nitrogens is 1. The Hall–Kier alpha value is -2.80. The van der Waals surface area contributed by atoms with Crippen LogP contribution >= 0.6 is 0 Å². The summed E-state index contributed by atoms with van der Waals surface area (Å²) in [5.41, 5.74) is 6.53. The minimum absolute atomic E-state index is 0.0682. The van der Waals surface area contributed by atoms with E-state index in [0.29, 0.717) is 10.9 Å². The van der Waals surface area contributed by atoms with E-state index in [1.54, 1.807) is 57.2 Å². The zero-order chi connectivity index (χ0) is 20.0. The largest absolute Gasteiger partial charge is 0.455 e. The summed E-state index contributed by atoms with van der Waals surface area (Å²) in [6, 6.07) is 13.2. The molecule has 6 nitrogen and oxygen atoms in total. The van der Waals surface area contributed by atoms with Gasteiger partial charge in [-0.25, -0.2) is 17.2 Å². The second kappa shape index (κ2) is 6.42. The topological polar surface area (TPSA) is 91.4 Å². The van der Waals surface area contributed by atoms with Crippen LogP contribution in [0.4, 0.5) is 5.69 Å². The second-order valence-electron chi connectivity index (χ2n) is 7.36. The molecule has 3 aromatic rings. The van der Waals surface area contributed by atoms with Crippen molar-refractivity contribution in [3.63, 3.8) is 0 Å². The van der Waals surface area contributed by atoms with Crippen molar-refractivity contribution >= 4 is 32.6 Å². The highest BCUT2D eigenvalue weighted by Gasteiger charge is 2.32. The molecule has 7 heteroatoms. The van der Waals surface area contributed by atoms with Gasteiger partial charge in [0.1, 0.15) is 5.60 Å². The number of para-hydroxylation sites is 1. The van der Waals surface area contributed by atoms with Gasteiger partial charge < -0.3 is 10.5 Å². The molecule has 1 heterocycles. The number of nitrogens with two attached hydrogens (primary N) is 1. The van der Waals surface area contributed by atoms with E-state index in [4.69, 9.17) is 10.5 Å². The van der Waals surface area contributed by atoms with Crippen molar-refractivity contribution in [3.8, 4) is 0 Å². The Kier molecular flexibility index (Phi) is 4.51. The maximum atomic E-state index is 13.4. The Labute approximate surface area is 158 Å². The minimum Gasteiger partial charge on any atom is -0.455 e. The van der Waals surface area contributed by atoms with Gasteiger partial charge in [0.15, 0.2) is 5.69 Å². The highest BCUT2D eigenvalue weighted by Crippen LogP contribution is 2.33. The van der Waals surface area contributed by atoms with E-state index in [1.807, 2.05) is 6.92 Å². The van der Waals surface area contributed by atoms with Gasteiger partial charge in [-0.3, -0.25) is 0 Å². The second-order valence-corrected chi connectivity index (χ2v) is 9.15. The number of hydrogen-bond donors (Lipinski definition) is 1. The highest BCUT2D eigenvalue weighted by molar-refractivity contribution is 7.90. The fourth-order valence-corrected chi connectivity index (χ4v) is 4.34. The Bertz CT molecular complexity index is 1120. The molecule has 0 amide bonds. The molecule has 0 spiro atoms. The number of rotatable bonds is 3. The van der Waals surface area contributed by atoms with E-state index in [0.717, 1.165) is 9.54 Å². The van der Waals surface area contributed by atoms with E-state index in [2.05, 4.69) is 0 Å². The van der Waals surface area contributed by atoms with Gasteiger partial charge in [-0.05, 0) is 45.9 Å². The number of anilines is 1. The van der Waals surface area contributed by atoms with Crippen molar-refractivity contribution < 1.29 is 17.9 Å². The quantitative estimate of drug-likeness (QED) is 0.693. The number of nitrogen functional groups attached to an aromatic ring is 1. The summed E-state index contributed by atoms with van der Waals surface area (Å²) >= 11 is 0. The molecule has 27 heavy (non-hydrogen) atoms. The monoisotopic (exact) mass is 386 g/mol. The Morgan fingerprint density at radius 1 is 1.04 bits per heavy atom. The molecule has 0 aliphatic heterocycles. The van der Waals surface area contributed by atoms with Gasteiger partial charge in [0, 0.05) is 5.39 Å². The zero-order valence-corrected chi connectivity index (χ0v) is 16.5. The van der Waals surface area contributed by atoms with Crippen LogP contribution in [0, 0.1) is 6.92 Å². The molecule has 0 saturated heterocycles. The molecule has 3 rings (SSSR count). The van der Waals surface area contributed by atoms with Crippen LogP contribution < -0.4 is 5.73 Å². The number of carbonyl (C=O) groups excluding carboxylic acids is 1. The number of esters is 1. The average Bonchev–Trinajstić information content (AvgIpc) is 2.88. The van der Waals surface area contributed by atoms with E-state index < -0.39 is 21.6 Å². The Morgan fingerprint density at radius 2 is 1.63 bits per heavy atom. The third-order valence-electron chi connectivity index (χ3n) is 4.02. The Balaban J connectivity index is 2.32. The van der Waals surface area contributed by atoms with Crippen LogP contribution in [0.1, 0.15) is 36.8 Å². The number of benzene rings is 2. The molecule has 0 aliphatic rings. The summed E-state index contributed by atoms with van der Waals surface area (Å²) in [7, 11) is -4.06. The number of fused-ring (bicyclic) bond motifs is 1. The van der Waals surface area contributed by atoms with Gasteiger partial charge in [0.05, 0.1) is 16.1 Å². The molecule has 1 aromatic heterocycles. The lowest BCUT2D eigenvalue weighted by atomic mass is 10.2. The first kappa shape index (κ1) is 19.0. The van der Waals surface area contributed by atoms with Crippen LogP contribution in [0.25, 0.3) is 10.9 Å². The molecule has 0 aliphatic carbocycles. The summed E-state index contributed by atoms with van der Waals surface area (Å²) in [6.07, 6.45) is 0. The predicted octanol–water partition coefficient (Wildman–Crippen LogP) is 3.72. The zero-order valence-electron chi connectivity index (χ0n) is 15.7.